The van der Waals surface area contributed by atoms with E-state index in [1.165, 1.54) is 11.3 Å². The summed E-state index contributed by atoms with van der Waals surface area (Å²) >= 11 is 13.3. The zero-order chi connectivity index (χ0) is 21.7. The summed E-state index contributed by atoms with van der Waals surface area (Å²) in [5.74, 6) is 1.12. The topological polar surface area (TPSA) is 83.4 Å². The van der Waals surface area contributed by atoms with E-state index in [9.17, 15) is 4.79 Å². The van der Waals surface area contributed by atoms with Crippen molar-refractivity contribution in [3.8, 4) is 22.2 Å². The van der Waals surface area contributed by atoms with Gasteiger partial charge in [-0.3, -0.25) is 0 Å². The van der Waals surface area contributed by atoms with Gasteiger partial charge < -0.3 is 14.2 Å². The number of hydrogen-bond donors (Lipinski definition) is 0. The van der Waals surface area contributed by atoms with Crippen LogP contribution < -0.4 is 9.47 Å². The number of carbonyl (C=O) groups excluding carboxylic acids is 1. The van der Waals surface area contributed by atoms with Crippen molar-refractivity contribution in [2.24, 2.45) is 0 Å². The molecule has 0 radical (unpaired) electrons. The Morgan fingerprint density at radius 1 is 1.29 bits per heavy atom. The van der Waals surface area contributed by atoms with Gasteiger partial charge in [0.25, 0.3) is 0 Å². The fraction of sp³-hybridized carbons (Fsp3) is 0.238. The number of carbonyl (C=O) groups is 1. The molecule has 0 fully saturated rings. The molecule has 0 amide bonds. The van der Waals surface area contributed by atoms with E-state index in [-0.39, 0.29) is 12.7 Å². The zero-order valence-electron chi connectivity index (χ0n) is 16.4. The average molecular weight is 476 g/mol. The third-order valence-electron chi connectivity index (χ3n) is 5.00. The molecular weight excluding hydrogens is 461 g/mol. The van der Waals surface area contributed by atoms with Gasteiger partial charge in [-0.25, -0.2) is 19.7 Å². The molecule has 1 aliphatic heterocycles. The van der Waals surface area contributed by atoms with Gasteiger partial charge in [-0.2, -0.15) is 0 Å². The summed E-state index contributed by atoms with van der Waals surface area (Å²) < 4.78 is 16.9. The Hall–Kier alpha value is -2.68. The molecule has 31 heavy (non-hydrogen) atoms. The molecule has 10 heteroatoms. The molecule has 7 nitrogen and oxygen atoms in total. The van der Waals surface area contributed by atoms with Crippen LogP contribution in [0.4, 0.5) is 4.79 Å². The summed E-state index contributed by atoms with van der Waals surface area (Å²) in [4.78, 5) is 24.8. The van der Waals surface area contributed by atoms with E-state index in [2.05, 4.69) is 9.97 Å². The lowest BCUT2D eigenvalue weighted by atomic mass is 10.1. The fourth-order valence-corrected chi connectivity index (χ4v) is 5.20. The molecule has 0 saturated heterocycles. The fourth-order valence-electron chi connectivity index (χ4n) is 3.69. The first-order chi connectivity index (χ1) is 14.9. The van der Waals surface area contributed by atoms with E-state index in [1.54, 1.807) is 19.4 Å². The number of fused-ring (bicyclic) bond motifs is 4. The Morgan fingerprint density at radius 2 is 2.13 bits per heavy atom. The van der Waals surface area contributed by atoms with Gasteiger partial charge in [-0.1, -0.05) is 11.6 Å². The predicted molar refractivity (Wildman–Crippen MR) is 120 cm³/mol. The molecule has 2 aromatic heterocycles. The molecule has 1 aliphatic rings. The van der Waals surface area contributed by atoms with Crippen molar-refractivity contribution in [3.05, 3.63) is 40.5 Å². The van der Waals surface area contributed by atoms with Crippen LogP contribution in [0.15, 0.2) is 24.4 Å². The lowest BCUT2D eigenvalue weighted by Gasteiger charge is -2.09. The van der Waals surface area contributed by atoms with Gasteiger partial charge in [0.2, 0.25) is 5.88 Å². The molecule has 0 N–H and O–H groups in total. The van der Waals surface area contributed by atoms with E-state index in [4.69, 9.17) is 42.4 Å². The van der Waals surface area contributed by atoms with Crippen molar-refractivity contribution >= 4 is 61.2 Å². The molecular formula is C21H15Cl2N3O4S. The molecule has 2 aromatic carbocycles. The largest absolute Gasteiger partial charge is 0.486 e. The Morgan fingerprint density at radius 3 is 2.90 bits per heavy atom. The van der Waals surface area contributed by atoms with Gasteiger partial charge in [-0.05, 0) is 24.6 Å². The number of methoxy groups -OCH3 is 1. The maximum Gasteiger partial charge on any atom is 0.403 e. The monoisotopic (exact) mass is 475 g/mol. The Kier molecular flexibility index (Phi) is 5.08. The van der Waals surface area contributed by atoms with E-state index >= 15 is 0 Å². The van der Waals surface area contributed by atoms with Crippen LogP contribution in [0.3, 0.4) is 0 Å². The number of hydrogen-bond acceptors (Lipinski definition) is 8. The third kappa shape index (κ3) is 3.64. The molecule has 0 spiro atoms. The smallest absolute Gasteiger partial charge is 0.403 e. The van der Waals surface area contributed by atoms with E-state index < -0.39 is 5.43 Å². The summed E-state index contributed by atoms with van der Waals surface area (Å²) in [5.41, 5.74) is 4.22. The van der Waals surface area contributed by atoms with Crippen molar-refractivity contribution in [2.45, 2.75) is 19.4 Å². The second kappa shape index (κ2) is 7.78. The Labute approximate surface area is 190 Å². The first-order valence-corrected chi connectivity index (χ1v) is 10.9. The van der Waals surface area contributed by atoms with Crippen LogP contribution in [-0.2, 0) is 11.2 Å². The number of aryl methyl sites for hydroxylation is 1. The number of ether oxygens (including phenoxy) is 3. The van der Waals surface area contributed by atoms with Crippen molar-refractivity contribution in [1.29, 1.82) is 0 Å². The number of halogens is 2. The second-order valence-corrected chi connectivity index (χ2v) is 8.83. The van der Waals surface area contributed by atoms with E-state index in [0.717, 1.165) is 37.4 Å². The molecule has 3 heterocycles. The predicted octanol–water partition coefficient (Wildman–Crippen LogP) is 5.56. The van der Waals surface area contributed by atoms with Crippen LogP contribution in [0.25, 0.3) is 31.8 Å². The highest BCUT2D eigenvalue weighted by Crippen LogP contribution is 2.44. The summed E-state index contributed by atoms with van der Waals surface area (Å²) in [6.07, 6.45) is 1.85. The molecule has 5 rings (SSSR count). The van der Waals surface area contributed by atoms with Crippen LogP contribution in [0.2, 0.25) is 5.02 Å². The van der Waals surface area contributed by atoms with E-state index in [0.29, 0.717) is 28.6 Å². The van der Waals surface area contributed by atoms with Gasteiger partial charge >= 0.3 is 5.43 Å². The highest BCUT2D eigenvalue weighted by atomic mass is 35.5. The van der Waals surface area contributed by atoms with Crippen molar-refractivity contribution in [1.82, 2.24) is 15.0 Å². The zero-order valence-corrected chi connectivity index (χ0v) is 18.8. The number of aromatic nitrogens is 3. The lowest BCUT2D eigenvalue weighted by Crippen LogP contribution is -2.21. The third-order valence-corrected chi connectivity index (χ3v) is 6.54. The van der Waals surface area contributed by atoms with Gasteiger partial charge in [0.1, 0.15) is 29.0 Å². The van der Waals surface area contributed by atoms with Crippen molar-refractivity contribution in [3.63, 3.8) is 0 Å². The lowest BCUT2D eigenvalue weighted by molar-refractivity contribution is 0.109. The molecule has 1 atom stereocenters. The van der Waals surface area contributed by atoms with Crippen molar-refractivity contribution in [2.75, 3.05) is 13.7 Å². The summed E-state index contributed by atoms with van der Waals surface area (Å²) in [5, 5.41) is 1.28. The number of benzene rings is 2. The summed E-state index contributed by atoms with van der Waals surface area (Å²) in [6.45, 7) is 2.07. The summed E-state index contributed by atoms with van der Waals surface area (Å²) in [6, 6.07) is 5.75. The maximum atomic E-state index is 10.9. The van der Waals surface area contributed by atoms with Crippen LogP contribution in [0.1, 0.15) is 11.1 Å². The number of thiazole rings is 1. The molecule has 4 aromatic rings. The first-order valence-electron chi connectivity index (χ1n) is 9.35. The standard InChI is InChI=1S/C21H15Cl2N3O4S/c1-9-3-12(17-14(4-9)25-16(28-2)7-24-17)20-26-18-13(22)6-15-11(19(18)31-20)5-10(30-15)8-29-21(23)27/h3-4,6-7,10H,5,8H2,1-2H3. The normalized spacial score (nSPS) is 15.2. The minimum atomic E-state index is -0.855. The van der Waals surface area contributed by atoms with Crippen molar-refractivity contribution < 1.29 is 19.0 Å². The highest BCUT2D eigenvalue weighted by Gasteiger charge is 2.29. The molecule has 158 valence electrons. The van der Waals surface area contributed by atoms with Crippen LogP contribution in [0.5, 0.6) is 11.6 Å². The maximum absolute atomic E-state index is 10.9. The molecule has 1 unspecified atom stereocenters. The van der Waals surface area contributed by atoms with E-state index in [1.807, 2.05) is 19.1 Å². The minimum absolute atomic E-state index is 0.0712. The summed E-state index contributed by atoms with van der Waals surface area (Å²) in [7, 11) is 1.56. The molecule has 0 bridgehead atoms. The van der Waals surface area contributed by atoms with Crippen LogP contribution >= 0.6 is 34.5 Å². The highest BCUT2D eigenvalue weighted by molar-refractivity contribution is 7.22. The minimum Gasteiger partial charge on any atom is -0.486 e. The Balaban J connectivity index is 1.62. The second-order valence-electron chi connectivity index (χ2n) is 7.12. The number of nitrogens with zero attached hydrogens (tertiary/aromatic N) is 3. The first kappa shape index (κ1) is 20.2. The van der Waals surface area contributed by atoms with Crippen LogP contribution in [0, 0.1) is 6.92 Å². The SMILES string of the molecule is COc1cnc2c(-c3nc4c(Cl)cc5c(c4s3)CC(COC(=O)Cl)O5)cc(C)cc2n1. The van der Waals surface area contributed by atoms with Gasteiger partial charge in [-0.15, -0.1) is 11.3 Å². The quantitative estimate of drug-likeness (QED) is 0.357. The molecule has 0 aliphatic carbocycles. The average Bonchev–Trinajstić information content (AvgIpc) is 3.35. The number of rotatable bonds is 4. The molecule has 0 saturated carbocycles. The Bertz CT molecular complexity index is 1360. The van der Waals surface area contributed by atoms with Gasteiger partial charge in [0.15, 0.2) is 0 Å². The van der Waals surface area contributed by atoms with Crippen LogP contribution in [-0.4, -0.2) is 40.2 Å². The van der Waals surface area contributed by atoms with Gasteiger partial charge in [0.05, 0.1) is 34.1 Å². The van der Waals surface area contributed by atoms with Gasteiger partial charge in [0, 0.05) is 35.2 Å².